The summed E-state index contributed by atoms with van der Waals surface area (Å²) in [5.74, 6) is 0.290. The van der Waals surface area contributed by atoms with Gasteiger partial charge >= 0.3 is 0 Å². The van der Waals surface area contributed by atoms with Gasteiger partial charge in [0.05, 0.1) is 13.2 Å². The van der Waals surface area contributed by atoms with Crippen LogP contribution in [0.3, 0.4) is 0 Å². The number of amides is 1. The zero-order valence-corrected chi connectivity index (χ0v) is 15.3. The molecule has 0 aromatic rings. The Labute approximate surface area is 145 Å². The number of hydrogen-bond acceptors (Lipinski definition) is 6. The van der Waals surface area contributed by atoms with Crippen LogP contribution in [-0.2, 0) is 23.9 Å². The molecule has 1 amide bonds. The minimum Gasteiger partial charge on any atom is -0.396 e. The third-order valence-corrected chi connectivity index (χ3v) is 2.84. The summed E-state index contributed by atoms with van der Waals surface area (Å²) in [4.78, 5) is 32.0. The second-order valence-electron chi connectivity index (χ2n) is 5.39. The van der Waals surface area contributed by atoms with Crippen molar-refractivity contribution in [2.75, 3.05) is 40.1 Å². The van der Waals surface area contributed by atoms with Crippen LogP contribution in [0.5, 0.6) is 0 Å². The van der Waals surface area contributed by atoms with E-state index in [2.05, 4.69) is 5.32 Å². The van der Waals surface area contributed by atoms with Crippen molar-refractivity contribution in [1.82, 2.24) is 5.32 Å². The molecule has 0 bridgehead atoms. The Morgan fingerprint density at radius 2 is 1.50 bits per heavy atom. The number of methoxy groups -OCH3 is 1. The van der Waals surface area contributed by atoms with Gasteiger partial charge in [-0.1, -0.05) is 0 Å². The van der Waals surface area contributed by atoms with E-state index in [1.165, 1.54) is 6.92 Å². The van der Waals surface area contributed by atoms with Crippen LogP contribution in [0, 0.1) is 0 Å². The van der Waals surface area contributed by atoms with E-state index in [9.17, 15) is 14.4 Å². The van der Waals surface area contributed by atoms with Crippen molar-refractivity contribution in [2.45, 2.75) is 52.4 Å². The Kier molecular flexibility index (Phi) is 20.5. The number of nitrogens with one attached hydrogen (secondary N) is 1. The summed E-state index contributed by atoms with van der Waals surface area (Å²) in [6, 6.07) is 0. The van der Waals surface area contributed by atoms with Gasteiger partial charge in [0.15, 0.2) is 0 Å². The minimum absolute atomic E-state index is 0.0466. The molecule has 0 fully saturated rings. The van der Waals surface area contributed by atoms with Crippen LogP contribution < -0.4 is 5.32 Å². The van der Waals surface area contributed by atoms with Crippen LogP contribution in [-0.4, -0.2) is 62.7 Å². The summed E-state index contributed by atoms with van der Waals surface area (Å²) in [5, 5.41) is 11.1. The lowest BCUT2D eigenvalue weighted by atomic mass is 10.2. The van der Waals surface area contributed by atoms with Crippen molar-refractivity contribution in [3.05, 3.63) is 0 Å². The number of carbonyl (C=O) groups is 3. The molecule has 0 spiro atoms. The molecule has 0 radical (unpaired) electrons. The van der Waals surface area contributed by atoms with Gasteiger partial charge in [-0.15, -0.1) is 0 Å². The summed E-state index contributed by atoms with van der Waals surface area (Å²) in [6.07, 6.45) is 3.49. The maximum Gasteiger partial charge on any atom is 0.220 e. The average molecular weight is 347 g/mol. The largest absolute Gasteiger partial charge is 0.396 e. The number of aliphatic hydroxyl groups is 1. The van der Waals surface area contributed by atoms with E-state index in [1.54, 1.807) is 14.0 Å². The fourth-order valence-corrected chi connectivity index (χ4v) is 1.56. The second kappa shape index (κ2) is 19.7. The normalized spacial score (nSPS) is 9.83. The minimum atomic E-state index is -0.0466. The molecule has 0 aliphatic carbocycles. The van der Waals surface area contributed by atoms with Crippen molar-refractivity contribution in [3.8, 4) is 0 Å². The van der Waals surface area contributed by atoms with Gasteiger partial charge in [0, 0.05) is 46.1 Å². The van der Waals surface area contributed by atoms with E-state index in [-0.39, 0.29) is 24.1 Å². The molecule has 7 heteroatoms. The first-order valence-corrected chi connectivity index (χ1v) is 8.37. The molecular formula is C17H33NO6. The van der Waals surface area contributed by atoms with Gasteiger partial charge in [-0.25, -0.2) is 0 Å². The summed E-state index contributed by atoms with van der Waals surface area (Å²) >= 11 is 0. The number of hydrogen-bond donors (Lipinski definition) is 2. The first-order chi connectivity index (χ1) is 11.4. The third-order valence-electron chi connectivity index (χ3n) is 2.84. The van der Waals surface area contributed by atoms with E-state index in [4.69, 9.17) is 14.6 Å². The molecule has 0 aliphatic rings. The molecule has 0 saturated heterocycles. The van der Waals surface area contributed by atoms with E-state index in [1.807, 2.05) is 0 Å². The van der Waals surface area contributed by atoms with Crippen molar-refractivity contribution in [3.63, 3.8) is 0 Å². The standard InChI is InChI=1S/C9H17NO3.C8H16O3/c1-8(12)4-2-5-9(13)10-6-3-7-11;1-8(9)4-3-5-11-7-6-10-2/h11H,2-7H2,1H3,(H,10,13);3-7H2,1-2H3. The molecule has 7 nitrogen and oxygen atoms in total. The molecule has 0 heterocycles. The van der Waals surface area contributed by atoms with Crippen LogP contribution >= 0.6 is 0 Å². The Balaban J connectivity index is 0. The molecule has 0 aromatic heterocycles. The number of aliphatic hydroxyl groups excluding tert-OH is 1. The first kappa shape index (κ1) is 24.9. The summed E-state index contributed by atoms with van der Waals surface area (Å²) in [7, 11) is 1.64. The van der Waals surface area contributed by atoms with E-state index in [0.717, 1.165) is 6.42 Å². The quantitative estimate of drug-likeness (QED) is 0.459. The summed E-state index contributed by atoms with van der Waals surface area (Å²) in [6.45, 7) is 5.61. The lowest BCUT2D eigenvalue weighted by Crippen LogP contribution is -2.24. The predicted octanol–water partition coefficient (Wildman–Crippen LogP) is 1.26. The fraction of sp³-hybridized carbons (Fsp3) is 0.824. The summed E-state index contributed by atoms with van der Waals surface area (Å²) < 4.78 is 9.92. The maximum absolute atomic E-state index is 11.0. The Morgan fingerprint density at radius 1 is 0.875 bits per heavy atom. The monoisotopic (exact) mass is 347 g/mol. The SMILES string of the molecule is CC(=O)CCCC(=O)NCCCO.COCCOCCCC(C)=O. The molecule has 0 rings (SSSR count). The predicted molar refractivity (Wildman–Crippen MR) is 91.9 cm³/mol. The smallest absolute Gasteiger partial charge is 0.220 e. The average Bonchev–Trinajstić information content (AvgIpc) is 2.51. The molecule has 0 aliphatic heterocycles. The van der Waals surface area contributed by atoms with Crippen LogP contribution in [0.1, 0.15) is 52.4 Å². The Morgan fingerprint density at radius 3 is 2.04 bits per heavy atom. The molecule has 2 N–H and O–H groups in total. The van der Waals surface area contributed by atoms with Crippen LogP contribution in [0.2, 0.25) is 0 Å². The van der Waals surface area contributed by atoms with Gasteiger partial charge in [-0.05, 0) is 33.1 Å². The highest BCUT2D eigenvalue weighted by molar-refractivity contribution is 5.78. The van der Waals surface area contributed by atoms with Crippen LogP contribution in [0.15, 0.2) is 0 Å². The molecule has 0 atom stereocenters. The molecule has 24 heavy (non-hydrogen) atoms. The van der Waals surface area contributed by atoms with Crippen molar-refractivity contribution < 1.29 is 29.0 Å². The lowest BCUT2D eigenvalue weighted by molar-refractivity contribution is -0.121. The van der Waals surface area contributed by atoms with Crippen molar-refractivity contribution in [2.24, 2.45) is 0 Å². The van der Waals surface area contributed by atoms with Crippen molar-refractivity contribution in [1.29, 1.82) is 0 Å². The molecular weight excluding hydrogens is 314 g/mol. The summed E-state index contributed by atoms with van der Waals surface area (Å²) in [5.41, 5.74) is 0. The van der Waals surface area contributed by atoms with E-state index in [0.29, 0.717) is 58.5 Å². The van der Waals surface area contributed by atoms with Crippen molar-refractivity contribution >= 4 is 17.5 Å². The first-order valence-electron chi connectivity index (χ1n) is 8.37. The number of ketones is 2. The zero-order chi connectivity index (χ0) is 18.6. The number of rotatable bonds is 14. The topological polar surface area (TPSA) is 102 Å². The number of carbonyl (C=O) groups excluding carboxylic acids is 3. The van der Waals surface area contributed by atoms with Gasteiger partial charge in [0.2, 0.25) is 5.91 Å². The molecule has 0 saturated carbocycles. The number of Topliss-reactive ketones (excluding diaryl/α,β-unsaturated/α-hetero) is 2. The molecule has 0 unspecified atom stereocenters. The Bertz CT molecular complexity index is 333. The molecule has 142 valence electrons. The lowest BCUT2D eigenvalue weighted by Gasteiger charge is -2.02. The second-order valence-corrected chi connectivity index (χ2v) is 5.39. The number of ether oxygens (including phenoxy) is 2. The van der Waals surface area contributed by atoms with Gasteiger partial charge in [0.1, 0.15) is 11.6 Å². The highest BCUT2D eigenvalue weighted by atomic mass is 16.5. The van der Waals surface area contributed by atoms with Crippen LogP contribution in [0.25, 0.3) is 0 Å². The Hall–Kier alpha value is -1.31. The van der Waals surface area contributed by atoms with E-state index < -0.39 is 0 Å². The van der Waals surface area contributed by atoms with Gasteiger partial charge in [-0.3, -0.25) is 4.79 Å². The van der Waals surface area contributed by atoms with E-state index >= 15 is 0 Å². The molecule has 0 aromatic carbocycles. The van der Waals surface area contributed by atoms with Gasteiger partial charge < -0.3 is 29.5 Å². The van der Waals surface area contributed by atoms with Gasteiger partial charge in [0.25, 0.3) is 0 Å². The highest BCUT2D eigenvalue weighted by Crippen LogP contribution is 1.95. The van der Waals surface area contributed by atoms with Gasteiger partial charge in [-0.2, -0.15) is 0 Å². The fourth-order valence-electron chi connectivity index (χ4n) is 1.56. The zero-order valence-electron chi connectivity index (χ0n) is 15.3. The highest BCUT2D eigenvalue weighted by Gasteiger charge is 2.01. The van der Waals surface area contributed by atoms with Crippen LogP contribution in [0.4, 0.5) is 0 Å². The maximum atomic E-state index is 11.0. The third kappa shape index (κ3) is 25.6.